The zero-order valence-electron chi connectivity index (χ0n) is 20.2. The van der Waals surface area contributed by atoms with E-state index in [9.17, 15) is 18.8 Å². The number of alkyl halides is 1. The Morgan fingerprint density at radius 2 is 1.92 bits per heavy atom. The quantitative estimate of drug-likeness (QED) is 0.334. The molecule has 2 aliphatic rings. The Kier molecular flexibility index (Phi) is 9.01. The minimum Gasteiger partial charge on any atom is -0.481 e. The molecular weight excluding hydrogens is 515 g/mol. The van der Waals surface area contributed by atoms with Crippen molar-refractivity contribution in [1.29, 1.82) is 0 Å². The maximum absolute atomic E-state index is 13.4. The fraction of sp³-hybridized carbons (Fsp3) is 0.385. The Morgan fingerprint density at radius 3 is 2.59 bits per heavy atom. The molecule has 4 heterocycles. The molecular formula is C26H29FN4O4S2. The standard InChI is InChI=1S/C17H22N2O3S2.C9H7FN2O/c20-15(21)5-8-19-16(22)14-10-12-9-13(23-17(12)24-14)2-1-11-3-6-18-7-4-11;10-7-5-3-1-2-4-6(5)12-8(7)9(11)13/h9-11,18H,1-8H2,(H,19,22)(H,20,21);1-4,7H,(H2,11,13). The minimum atomic E-state index is -1.46. The van der Waals surface area contributed by atoms with Crippen molar-refractivity contribution in [2.45, 2.75) is 38.3 Å². The number of fused-ring (bicyclic) bond motifs is 2. The monoisotopic (exact) mass is 544 g/mol. The third kappa shape index (κ3) is 7.00. The summed E-state index contributed by atoms with van der Waals surface area (Å²) in [6.07, 6.45) is 3.41. The number of para-hydroxylation sites is 1. The summed E-state index contributed by atoms with van der Waals surface area (Å²) in [5.74, 6) is -1.05. The van der Waals surface area contributed by atoms with Crippen molar-refractivity contribution in [2.75, 3.05) is 19.6 Å². The van der Waals surface area contributed by atoms with E-state index in [-0.39, 0.29) is 24.6 Å². The number of primary amides is 1. The molecule has 1 unspecified atom stereocenters. The summed E-state index contributed by atoms with van der Waals surface area (Å²) in [5.41, 5.74) is 5.65. The van der Waals surface area contributed by atoms with Gasteiger partial charge in [0.2, 0.25) is 0 Å². The second-order valence-electron chi connectivity index (χ2n) is 8.98. The van der Waals surface area contributed by atoms with Crippen LogP contribution in [0.2, 0.25) is 0 Å². The Balaban J connectivity index is 0.000000207. The summed E-state index contributed by atoms with van der Waals surface area (Å²) in [5, 5.41) is 15.8. The highest BCUT2D eigenvalue weighted by Gasteiger charge is 2.29. The summed E-state index contributed by atoms with van der Waals surface area (Å²) in [6, 6.07) is 10.8. The number of carbonyl (C=O) groups excluding carboxylic acids is 2. The average molecular weight is 545 g/mol. The molecule has 0 spiro atoms. The number of hydrogen-bond donors (Lipinski definition) is 4. The van der Waals surface area contributed by atoms with Gasteiger partial charge in [0.15, 0.2) is 6.17 Å². The lowest BCUT2D eigenvalue weighted by atomic mass is 9.93. The summed E-state index contributed by atoms with van der Waals surface area (Å²) in [4.78, 5) is 39.1. The summed E-state index contributed by atoms with van der Waals surface area (Å²) < 4.78 is 14.6. The van der Waals surface area contributed by atoms with Gasteiger partial charge >= 0.3 is 5.97 Å². The van der Waals surface area contributed by atoms with Gasteiger partial charge in [0, 0.05) is 22.4 Å². The van der Waals surface area contributed by atoms with Gasteiger partial charge in [0.05, 0.1) is 21.0 Å². The highest BCUT2D eigenvalue weighted by atomic mass is 32.2. The van der Waals surface area contributed by atoms with Gasteiger partial charge in [-0.15, -0.1) is 22.7 Å². The van der Waals surface area contributed by atoms with E-state index >= 15 is 0 Å². The number of nitrogens with one attached hydrogen (secondary N) is 2. The molecule has 2 aromatic heterocycles. The molecule has 0 radical (unpaired) electrons. The van der Waals surface area contributed by atoms with Crippen molar-refractivity contribution in [3.8, 4) is 0 Å². The predicted molar refractivity (Wildman–Crippen MR) is 145 cm³/mol. The van der Waals surface area contributed by atoms with Crippen molar-refractivity contribution in [2.24, 2.45) is 16.6 Å². The first-order valence-electron chi connectivity index (χ1n) is 12.2. The lowest BCUT2D eigenvalue weighted by Crippen LogP contribution is -2.27. The first-order valence-corrected chi connectivity index (χ1v) is 13.8. The van der Waals surface area contributed by atoms with Crippen LogP contribution in [0.15, 0.2) is 41.4 Å². The second-order valence-corrected chi connectivity index (χ2v) is 11.4. The molecule has 37 heavy (non-hydrogen) atoms. The van der Waals surface area contributed by atoms with E-state index in [4.69, 9.17) is 10.8 Å². The van der Waals surface area contributed by atoms with Crippen LogP contribution in [-0.4, -0.2) is 48.2 Å². The Morgan fingerprint density at radius 1 is 1.16 bits per heavy atom. The number of halogens is 1. The number of aryl methyl sites for hydroxylation is 1. The molecule has 2 amide bonds. The maximum Gasteiger partial charge on any atom is 0.305 e. The molecule has 0 aliphatic carbocycles. The number of aliphatic carboxylic acids is 1. The Bertz CT molecular complexity index is 1280. The number of aliphatic imine (C=N–C) groups is 1. The molecule has 2 aliphatic heterocycles. The number of nitrogens with zero attached hydrogens (tertiary/aromatic N) is 1. The van der Waals surface area contributed by atoms with Crippen LogP contribution in [0.5, 0.6) is 0 Å². The number of amides is 2. The molecule has 8 nitrogen and oxygen atoms in total. The lowest BCUT2D eigenvalue weighted by molar-refractivity contribution is -0.136. The predicted octanol–water partition coefficient (Wildman–Crippen LogP) is 4.37. The molecule has 1 fully saturated rings. The number of piperidine rings is 1. The third-order valence-electron chi connectivity index (χ3n) is 6.31. The lowest BCUT2D eigenvalue weighted by Gasteiger charge is -2.22. The molecule has 1 saturated heterocycles. The summed E-state index contributed by atoms with van der Waals surface area (Å²) in [6.45, 7) is 2.45. The van der Waals surface area contributed by atoms with Gasteiger partial charge in [-0.3, -0.25) is 14.4 Å². The highest BCUT2D eigenvalue weighted by Crippen LogP contribution is 2.36. The molecule has 5 N–H and O–H groups in total. The van der Waals surface area contributed by atoms with Gasteiger partial charge in [-0.2, -0.15) is 0 Å². The molecule has 11 heteroatoms. The maximum atomic E-state index is 13.4. The van der Waals surface area contributed by atoms with Crippen molar-refractivity contribution in [1.82, 2.24) is 10.6 Å². The fourth-order valence-electron chi connectivity index (χ4n) is 4.33. The average Bonchev–Trinajstić information content (AvgIpc) is 3.55. The van der Waals surface area contributed by atoms with Crippen LogP contribution in [-0.2, 0) is 16.0 Å². The van der Waals surface area contributed by atoms with Gasteiger partial charge in [0.1, 0.15) is 5.71 Å². The molecule has 0 bridgehead atoms. The van der Waals surface area contributed by atoms with Crippen LogP contribution in [0, 0.1) is 5.92 Å². The van der Waals surface area contributed by atoms with Crippen LogP contribution in [0.25, 0.3) is 9.40 Å². The fourth-order valence-corrected chi connectivity index (χ4v) is 6.75. The first kappa shape index (κ1) is 26.9. The van der Waals surface area contributed by atoms with E-state index in [0.29, 0.717) is 16.1 Å². The van der Waals surface area contributed by atoms with Gasteiger partial charge in [-0.1, -0.05) is 18.2 Å². The van der Waals surface area contributed by atoms with E-state index in [2.05, 4.69) is 21.7 Å². The number of hydrogen-bond acceptors (Lipinski definition) is 7. The van der Waals surface area contributed by atoms with Crippen molar-refractivity contribution in [3.05, 3.63) is 51.7 Å². The zero-order valence-corrected chi connectivity index (χ0v) is 21.8. The van der Waals surface area contributed by atoms with Crippen LogP contribution in [0.4, 0.5) is 10.1 Å². The first-order chi connectivity index (χ1) is 17.8. The summed E-state index contributed by atoms with van der Waals surface area (Å²) in [7, 11) is 0. The normalized spacial score (nSPS) is 17.0. The number of rotatable bonds is 8. The van der Waals surface area contributed by atoms with Crippen LogP contribution in [0.3, 0.4) is 0 Å². The van der Waals surface area contributed by atoms with E-state index in [1.807, 2.05) is 6.07 Å². The van der Waals surface area contributed by atoms with E-state index in [1.54, 1.807) is 35.6 Å². The number of nitrogens with two attached hydrogens (primary N) is 1. The molecule has 1 atom stereocenters. The van der Waals surface area contributed by atoms with E-state index < -0.39 is 18.0 Å². The number of carboxylic acids is 1. The Hall–Kier alpha value is -3.15. The van der Waals surface area contributed by atoms with Crippen molar-refractivity contribution >= 4 is 61.3 Å². The van der Waals surface area contributed by atoms with Gasteiger partial charge in [-0.25, -0.2) is 9.38 Å². The molecule has 196 valence electrons. The third-order valence-corrected chi connectivity index (χ3v) is 8.76. The number of carboxylic acid groups (broad SMARTS) is 1. The molecule has 1 aromatic carbocycles. The SMILES string of the molecule is NC(=O)C1=Nc2ccccc2C1F.O=C(O)CCNC(=O)c1cc2cc(CCC3CCNCC3)sc2s1. The highest BCUT2D eigenvalue weighted by molar-refractivity contribution is 7.39. The minimum absolute atomic E-state index is 0.0493. The van der Waals surface area contributed by atoms with Gasteiger partial charge < -0.3 is 21.5 Å². The van der Waals surface area contributed by atoms with Crippen LogP contribution >= 0.6 is 22.7 Å². The second kappa shape index (κ2) is 12.4. The van der Waals surface area contributed by atoms with Gasteiger partial charge in [-0.05, 0) is 62.9 Å². The van der Waals surface area contributed by atoms with Crippen molar-refractivity contribution < 1.29 is 23.9 Å². The van der Waals surface area contributed by atoms with Crippen LogP contribution < -0.4 is 16.4 Å². The van der Waals surface area contributed by atoms with Crippen LogP contribution in [0.1, 0.15) is 52.0 Å². The van der Waals surface area contributed by atoms with Crippen molar-refractivity contribution in [3.63, 3.8) is 0 Å². The molecule has 0 saturated carbocycles. The van der Waals surface area contributed by atoms with E-state index in [0.717, 1.165) is 30.8 Å². The number of carbonyl (C=O) groups is 3. The Labute approximate surface area is 221 Å². The zero-order chi connectivity index (χ0) is 26.4. The topological polar surface area (TPSA) is 134 Å². The van der Waals surface area contributed by atoms with E-state index in [1.165, 1.54) is 39.5 Å². The number of benzene rings is 1. The smallest absolute Gasteiger partial charge is 0.305 e. The van der Waals surface area contributed by atoms with Gasteiger partial charge in [0.25, 0.3) is 11.8 Å². The number of thiophene rings is 2. The molecule has 5 rings (SSSR count). The summed E-state index contributed by atoms with van der Waals surface area (Å²) >= 11 is 3.28. The molecule has 3 aromatic rings. The largest absolute Gasteiger partial charge is 0.481 e.